The van der Waals surface area contributed by atoms with Crippen LogP contribution < -0.4 is 0 Å². The van der Waals surface area contributed by atoms with Gasteiger partial charge in [0.05, 0.1) is 21.1 Å². The van der Waals surface area contributed by atoms with Gasteiger partial charge in [-0.3, -0.25) is 10.1 Å². The Kier molecular flexibility index (Phi) is 3.91. The summed E-state index contributed by atoms with van der Waals surface area (Å²) in [5.41, 5.74) is 0.616. The number of aliphatic imine (C=N–C) groups is 1. The number of para-hydroxylation sites is 1. The Labute approximate surface area is 135 Å². The molecule has 7 heteroatoms. The van der Waals surface area contributed by atoms with Crippen molar-refractivity contribution in [3.63, 3.8) is 0 Å². The quantitative estimate of drug-likeness (QED) is 0.373. The molecule has 114 valence electrons. The fourth-order valence-electron chi connectivity index (χ4n) is 2.08. The second-order valence-corrected chi connectivity index (χ2v) is 5.04. The molecule has 2 aromatic carbocycles. The van der Waals surface area contributed by atoms with Crippen LogP contribution in [-0.2, 0) is 9.53 Å². The molecule has 2 aromatic rings. The summed E-state index contributed by atoms with van der Waals surface area (Å²) in [6, 6.07) is 12.9. The number of hydrogen-bond acceptors (Lipinski definition) is 5. The third-order valence-corrected chi connectivity index (χ3v) is 3.48. The first-order valence-corrected chi connectivity index (χ1v) is 6.95. The molecule has 0 atom stereocenters. The van der Waals surface area contributed by atoms with Crippen molar-refractivity contribution >= 4 is 35.2 Å². The van der Waals surface area contributed by atoms with Crippen molar-refractivity contribution in [1.29, 1.82) is 0 Å². The van der Waals surface area contributed by atoms with Gasteiger partial charge in [0.25, 0.3) is 5.69 Å². The Hall–Kier alpha value is -2.99. The number of rotatable bonds is 3. The van der Waals surface area contributed by atoms with E-state index in [-0.39, 0.29) is 22.8 Å². The molecule has 1 aliphatic heterocycles. The van der Waals surface area contributed by atoms with E-state index in [1.165, 1.54) is 18.2 Å². The number of cyclic esters (lactones) is 1. The molecular formula is C16H9ClN2O4. The largest absolute Gasteiger partial charge is 0.402 e. The van der Waals surface area contributed by atoms with Gasteiger partial charge in [-0.25, -0.2) is 9.79 Å². The standard InChI is InChI=1S/C16H9ClN2O4/c17-12-7-3-2-6-11(12)15-18-13(16(20)23-15)9-10-5-1-4-8-14(10)19(21)22/h1-9H/b13-9-. The van der Waals surface area contributed by atoms with Crippen LogP contribution in [0.25, 0.3) is 6.08 Å². The molecule has 0 aromatic heterocycles. The highest BCUT2D eigenvalue weighted by atomic mass is 35.5. The summed E-state index contributed by atoms with van der Waals surface area (Å²) in [7, 11) is 0. The molecule has 0 unspecified atom stereocenters. The SMILES string of the molecule is O=C1OC(c2ccccc2Cl)=N/C1=C\c1ccccc1[N+](=O)[O-]. The molecule has 6 nitrogen and oxygen atoms in total. The Morgan fingerprint density at radius 3 is 2.57 bits per heavy atom. The Morgan fingerprint density at radius 2 is 1.83 bits per heavy atom. The van der Waals surface area contributed by atoms with Crippen LogP contribution in [0, 0.1) is 10.1 Å². The summed E-state index contributed by atoms with van der Waals surface area (Å²) in [6.45, 7) is 0. The second-order valence-electron chi connectivity index (χ2n) is 4.63. The first-order valence-electron chi connectivity index (χ1n) is 6.57. The zero-order valence-electron chi connectivity index (χ0n) is 11.6. The lowest BCUT2D eigenvalue weighted by atomic mass is 10.1. The van der Waals surface area contributed by atoms with E-state index in [1.54, 1.807) is 36.4 Å². The molecule has 0 saturated heterocycles. The average molecular weight is 329 g/mol. The maximum Gasteiger partial charge on any atom is 0.363 e. The number of hydrogen-bond donors (Lipinski definition) is 0. The molecule has 3 rings (SSSR count). The third-order valence-electron chi connectivity index (χ3n) is 3.15. The van der Waals surface area contributed by atoms with Crippen LogP contribution in [-0.4, -0.2) is 16.8 Å². The van der Waals surface area contributed by atoms with Gasteiger partial charge in [0.1, 0.15) is 0 Å². The summed E-state index contributed by atoms with van der Waals surface area (Å²) in [4.78, 5) is 26.5. The zero-order chi connectivity index (χ0) is 16.4. The summed E-state index contributed by atoms with van der Waals surface area (Å²) in [5.74, 6) is -0.608. The number of carbonyl (C=O) groups excluding carboxylic acids is 1. The normalized spacial score (nSPS) is 15.4. The van der Waals surface area contributed by atoms with Crippen LogP contribution in [0.4, 0.5) is 5.69 Å². The van der Waals surface area contributed by atoms with Gasteiger partial charge in [-0.2, -0.15) is 0 Å². The lowest BCUT2D eigenvalue weighted by Crippen LogP contribution is -2.05. The number of halogens is 1. The molecule has 23 heavy (non-hydrogen) atoms. The molecule has 0 spiro atoms. The maximum atomic E-state index is 11.9. The van der Waals surface area contributed by atoms with Crippen molar-refractivity contribution in [3.05, 3.63) is 80.5 Å². The number of carbonyl (C=O) groups is 1. The Morgan fingerprint density at radius 1 is 1.13 bits per heavy atom. The van der Waals surface area contributed by atoms with E-state index >= 15 is 0 Å². The summed E-state index contributed by atoms with van der Waals surface area (Å²) >= 11 is 6.05. The molecule has 0 amide bonds. The van der Waals surface area contributed by atoms with Crippen molar-refractivity contribution in [1.82, 2.24) is 0 Å². The highest BCUT2D eigenvalue weighted by Crippen LogP contribution is 2.26. The van der Waals surface area contributed by atoms with Crippen LogP contribution in [0.1, 0.15) is 11.1 Å². The summed E-state index contributed by atoms with van der Waals surface area (Å²) < 4.78 is 5.10. The third kappa shape index (κ3) is 2.97. The minimum absolute atomic E-state index is 0.0192. The van der Waals surface area contributed by atoms with Gasteiger partial charge in [0, 0.05) is 6.07 Å². The number of esters is 1. The van der Waals surface area contributed by atoms with Gasteiger partial charge in [-0.1, -0.05) is 35.9 Å². The molecule has 0 saturated carbocycles. The Bertz CT molecular complexity index is 874. The van der Waals surface area contributed by atoms with E-state index in [2.05, 4.69) is 4.99 Å². The molecular weight excluding hydrogens is 320 g/mol. The predicted molar refractivity (Wildman–Crippen MR) is 85.2 cm³/mol. The van der Waals surface area contributed by atoms with E-state index in [9.17, 15) is 14.9 Å². The summed E-state index contributed by atoms with van der Waals surface area (Å²) in [5, 5.41) is 11.4. The van der Waals surface area contributed by atoms with Gasteiger partial charge < -0.3 is 4.74 Å². The van der Waals surface area contributed by atoms with Gasteiger partial charge >= 0.3 is 5.97 Å². The number of nitrogens with zero attached hydrogens (tertiary/aromatic N) is 2. The molecule has 1 heterocycles. The minimum Gasteiger partial charge on any atom is -0.402 e. The summed E-state index contributed by atoms with van der Waals surface area (Å²) in [6.07, 6.45) is 1.32. The second kappa shape index (κ2) is 6.02. The van der Waals surface area contributed by atoms with Gasteiger partial charge in [0.2, 0.25) is 5.90 Å². The van der Waals surface area contributed by atoms with Gasteiger partial charge in [-0.15, -0.1) is 0 Å². The molecule has 0 fully saturated rings. The topological polar surface area (TPSA) is 81.8 Å². The fourth-order valence-corrected chi connectivity index (χ4v) is 2.30. The van der Waals surface area contributed by atoms with E-state index in [4.69, 9.17) is 16.3 Å². The fraction of sp³-hybridized carbons (Fsp3) is 0. The van der Waals surface area contributed by atoms with Crippen molar-refractivity contribution in [2.45, 2.75) is 0 Å². The minimum atomic E-state index is -0.682. The molecule has 0 radical (unpaired) electrons. The first-order chi connectivity index (χ1) is 11.1. The van der Waals surface area contributed by atoms with Crippen LogP contribution in [0.3, 0.4) is 0 Å². The van der Waals surface area contributed by atoms with Crippen molar-refractivity contribution in [2.75, 3.05) is 0 Å². The predicted octanol–water partition coefficient (Wildman–Crippen LogP) is 3.59. The smallest absolute Gasteiger partial charge is 0.363 e. The maximum absolute atomic E-state index is 11.9. The highest BCUT2D eigenvalue weighted by Gasteiger charge is 2.26. The van der Waals surface area contributed by atoms with Crippen molar-refractivity contribution < 1.29 is 14.5 Å². The van der Waals surface area contributed by atoms with Crippen molar-refractivity contribution in [3.8, 4) is 0 Å². The van der Waals surface area contributed by atoms with Crippen LogP contribution in [0.15, 0.2) is 59.2 Å². The number of nitro groups is 1. The molecule has 0 N–H and O–H groups in total. The average Bonchev–Trinajstić information content (AvgIpc) is 2.89. The molecule has 0 bridgehead atoms. The monoisotopic (exact) mass is 328 g/mol. The number of benzene rings is 2. The van der Waals surface area contributed by atoms with Crippen LogP contribution in [0.2, 0.25) is 5.02 Å². The lowest BCUT2D eigenvalue weighted by Gasteiger charge is -2.00. The lowest BCUT2D eigenvalue weighted by molar-refractivity contribution is -0.385. The molecule has 0 aliphatic carbocycles. The zero-order valence-corrected chi connectivity index (χ0v) is 12.4. The van der Waals surface area contributed by atoms with Crippen LogP contribution >= 0.6 is 11.6 Å². The van der Waals surface area contributed by atoms with E-state index in [0.717, 1.165) is 0 Å². The van der Waals surface area contributed by atoms with E-state index in [0.29, 0.717) is 10.6 Å². The number of ether oxygens (including phenoxy) is 1. The van der Waals surface area contributed by atoms with Gasteiger partial charge in [-0.05, 0) is 24.3 Å². The van der Waals surface area contributed by atoms with E-state index < -0.39 is 10.9 Å². The Balaban J connectivity index is 2.03. The first kappa shape index (κ1) is 14.9. The van der Waals surface area contributed by atoms with Gasteiger partial charge in [0.15, 0.2) is 5.70 Å². The molecule has 1 aliphatic rings. The van der Waals surface area contributed by atoms with Crippen molar-refractivity contribution in [2.24, 2.45) is 4.99 Å². The highest BCUT2D eigenvalue weighted by molar-refractivity contribution is 6.34. The number of nitro benzene ring substituents is 1. The van der Waals surface area contributed by atoms with Crippen LogP contribution in [0.5, 0.6) is 0 Å². The van der Waals surface area contributed by atoms with E-state index in [1.807, 2.05) is 0 Å².